The number of sulfone groups is 1. The van der Waals surface area contributed by atoms with E-state index < -0.39 is 15.7 Å². The first kappa shape index (κ1) is 24.1. The molecule has 0 aliphatic carbocycles. The van der Waals surface area contributed by atoms with E-state index in [1.807, 2.05) is 0 Å². The van der Waals surface area contributed by atoms with Crippen molar-refractivity contribution in [3.63, 3.8) is 0 Å². The Morgan fingerprint density at radius 3 is 2.56 bits per heavy atom. The Hall–Kier alpha value is -2.59. The van der Waals surface area contributed by atoms with Crippen molar-refractivity contribution in [1.82, 2.24) is 0 Å². The Kier molecular flexibility index (Phi) is 7.45. The number of amides is 2. The predicted octanol–water partition coefficient (Wildman–Crippen LogP) is 3.57. The van der Waals surface area contributed by atoms with E-state index in [0.29, 0.717) is 46.7 Å². The monoisotopic (exact) mass is 524 g/mol. The summed E-state index contributed by atoms with van der Waals surface area (Å²) in [4.78, 5) is 26.4. The number of nitrogens with one attached hydrogen (secondary N) is 1. The van der Waals surface area contributed by atoms with Gasteiger partial charge in [0.2, 0.25) is 11.8 Å². The van der Waals surface area contributed by atoms with Crippen LogP contribution in [0.1, 0.15) is 25.3 Å². The van der Waals surface area contributed by atoms with Gasteiger partial charge in [-0.2, -0.15) is 0 Å². The topological polar surface area (TPSA) is 102 Å². The third-order valence-electron chi connectivity index (χ3n) is 5.25. The molecule has 0 radical (unpaired) electrons. The summed E-state index contributed by atoms with van der Waals surface area (Å²) in [6.07, 6.45) is 0.764. The molecule has 1 aliphatic heterocycles. The summed E-state index contributed by atoms with van der Waals surface area (Å²) in [5, 5.41) is 2.67. The highest BCUT2D eigenvalue weighted by Crippen LogP contribution is 2.36. The van der Waals surface area contributed by atoms with Gasteiger partial charge in [0.25, 0.3) is 0 Å². The zero-order valence-corrected chi connectivity index (χ0v) is 20.5. The summed E-state index contributed by atoms with van der Waals surface area (Å²) in [7, 11) is -0.810. The number of ether oxygens (including phenoxy) is 2. The number of carbonyl (C=O) groups is 2. The van der Waals surface area contributed by atoms with Gasteiger partial charge in [0, 0.05) is 35.6 Å². The second-order valence-electron chi connectivity index (χ2n) is 7.24. The van der Waals surface area contributed by atoms with E-state index in [-0.39, 0.29) is 23.0 Å². The van der Waals surface area contributed by atoms with Crippen LogP contribution >= 0.6 is 15.9 Å². The molecule has 0 atom stereocenters. The maximum absolute atomic E-state index is 13.0. The lowest BCUT2D eigenvalue weighted by atomic mass is 10.2. The summed E-state index contributed by atoms with van der Waals surface area (Å²) < 4.78 is 36.9. The van der Waals surface area contributed by atoms with E-state index in [9.17, 15) is 18.0 Å². The fourth-order valence-electron chi connectivity index (χ4n) is 3.54. The summed E-state index contributed by atoms with van der Waals surface area (Å²) in [5.74, 6) is 0.0526. The zero-order chi connectivity index (χ0) is 23.5. The number of halogens is 1. The van der Waals surface area contributed by atoms with Gasteiger partial charge < -0.3 is 19.7 Å². The van der Waals surface area contributed by atoms with Crippen molar-refractivity contribution in [2.45, 2.75) is 31.1 Å². The molecule has 1 heterocycles. The molecule has 172 valence electrons. The molecule has 2 aromatic rings. The van der Waals surface area contributed by atoms with Crippen molar-refractivity contribution in [2.24, 2.45) is 0 Å². The minimum absolute atomic E-state index is 0.0546. The first-order chi connectivity index (χ1) is 15.2. The SMILES string of the molecule is CCC(=O)N1CCc2cc(Br)c(S(=O)(=O)CCC(=O)Nc3cc(OC)ccc3OC)cc21. The van der Waals surface area contributed by atoms with E-state index in [1.54, 1.807) is 36.1 Å². The lowest BCUT2D eigenvalue weighted by Gasteiger charge is -2.18. The van der Waals surface area contributed by atoms with E-state index in [1.165, 1.54) is 20.3 Å². The first-order valence-electron chi connectivity index (χ1n) is 10.1. The molecule has 32 heavy (non-hydrogen) atoms. The Balaban J connectivity index is 1.76. The van der Waals surface area contributed by atoms with Crippen LogP contribution in [0.3, 0.4) is 0 Å². The predicted molar refractivity (Wildman–Crippen MR) is 125 cm³/mol. The Bertz CT molecular complexity index is 1150. The number of carbonyl (C=O) groups excluding carboxylic acids is 2. The number of hydrogen-bond donors (Lipinski definition) is 1. The third kappa shape index (κ3) is 5.07. The Morgan fingerprint density at radius 2 is 1.91 bits per heavy atom. The highest BCUT2D eigenvalue weighted by atomic mass is 79.9. The Morgan fingerprint density at radius 1 is 1.16 bits per heavy atom. The van der Waals surface area contributed by atoms with Crippen LogP contribution in [0, 0.1) is 0 Å². The number of fused-ring (bicyclic) bond motifs is 1. The molecular weight excluding hydrogens is 500 g/mol. The van der Waals surface area contributed by atoms with Crippen molar-refractivity contribution in [3.05, 3.63) is 40.4 Å². The van der Waals surface area contributed by atoms with Crippen LogP contribution in [0.4, 0.5) is 11.4 Å². The second-order valence-corrected chi connectivity index (χ2v) is 10.2. The van der Waals surface area contributed by atoms with E-state index in [0.717, 1.165) is 5.56 Å². The Labute approximate surface area is 195 Å². The molecular formula is C22H25BrN2O6S. The molecule has 10 heteroatoms. The number of anilines is 2. The first-order valence-corrected chi connectivity index (χ1v) is 12.5. The van der Waals surface area contributed by atoms with Crippen LogP contribution in [-0.4, -0.2) is 46.7 Å². The molecule has 0 unspecified atom stereocenters. The van der Waals surface area contributed by atoms with Gasteiger partial charge in [-0.1, -0.05) is 6.92 Å². The standard InChI is InChI=1S/C22H25BrN2O6S/c1-4-22(27)25-9-7-14-11-16(23)20(13-18(14)25)32(28,29)10-8-21(26)24-17-12-15(30-2)5-6-19(17)31-3/h5-6,11-13H,4,7-10H2,1-3H3,(H,24,26). The molecule has 1 N–H and O–H groups in total. The summed E-state index contributed by atoms with van der Waals surface area (Å²) >= 11 is 3.34. The molecule has 0 fully saturated rings. The van der Waals surface area contributed by atoms with Gasteiger partial charge in [0.05, 0.1) is 30.6 Å². The minimum atomic E-state index is -3.79. The van der Waals surface area contributed by atoms with E-state index in [2.05, 4.69) is 21.2 Å². The molecule has 0 bridgehead atoms. The van der Waals surface area contributed by atoms with Crippen molar-refractivity contribution >= 4 is 49.0 Å². The largest absolute Gasteiger partial charge is 0.497 e. The van der Waals surface area contributed by atoms with Crippen molar-refractivity contribution < 1.29 is 27.5 Å². The molecule has 2 aromatic carbocycles. The fourth-order valence-corrected chi connectivity index (χ4v) is 5.99. The quantitative estimate of drug-likeness (QED) is 0.566. The number of hydrogen-bond acceptors (Lipinski definition) is 6. The second kappa shape index (κ2) is 9.91. The van der Waals surface area contributed by atoms with Gasteiger partial charge >= 0.3 is 0 Å². The van der Waals surface area contributed by atoms with Crippen molar-refractivity contribution in [1.29, 1.82) is 0 Å². The van der Waals surface area contributed by atoms with Gasteiger partial charge in [-0.05, 0) is 52.2 Å². The normalized spacial score (nSPS) is 12.9. The lowest BCUT2D eigenvalue weighted by Crippen LogP contribution is -2.28. The number of nitrogens with zero attached hydrogens (tertiary/aromatic N) is 1. The van der Waals surface area contributed by atoms with Crippen LogP contribution in [0.2, 0.25) is 0 Å². The van der Waals surface area contributed by atoms with Crippen LogP contribution in [0.5, 0.6) is 11.5 Å². The smallest absolute Gasteiger partial charge is 0.226 e. The van der Waals surface area contributed by atoms with Gasteiger partial charge in [-0.15, -0.1) is 0 Å². The molecule has 0 aromatic heterocycles. The lowest BCUT2D eigenvalue weighted by molar-refractivity contribution is -0.118. The highest BCUT2D eigenvalue weighted by Gasteiger charge is 2.28. The van der Waals surface area contributed by atoms with Crippen molar-refractivity contribution in [2.75, 3.05) is 36.7 Å². The van der Waals surface area contributed by atoms with Gasteiger partial charge in [0.15, 0.2) is 9.84 Å². The number of rotatable bonds is 8. The average molecular weight is 525 g/mol. The maximum atomic E-state index is 13.0. The highest BCUT2D eigenvalue weighted by molar-refractivity contribution is 9.10. The summed E-state index contributed by atoms with van der Waals surface area (Å²) in [6, 6.07) is 8.21. The average Bonchev–Trinajstić information content (AvgIpc) is 3.19. The minimum Gasteiger partial charge on any atom is -0.497 e. The molecule has 1 aliphatic rings. The van der Waals surface area contributed by atoms with Crippen LogP contribution in [0.25, 0.3) is 0 Å². The molecule has 3 rings (SSSR count). The number of benzene rings is 2. The fraction of sp³-hybridized carbons (Fsp3) is 0.364. The van der Waals surface area contributed by atoms with Gasteiger partial charge in [-0.3, -0.25) is 9.59 Å². The van der Waals surface area contributed by atoms with Crippen LogP contribution in [0.15, 0.2) is 39.7 Å². The summed E-state index contributed by atoms with van der Waals surface area (Å²) in [6.45, 7) is 2.30. The molecule has 0 spiro atoms. The molecule has 0 saturated carbocycles. The maximum Gasteiger partial charge on any atom is 0.226 e. The molecule has 8 nitrogen and oxygen atoms in total. The van der Waals surface area contributed by atoms with E-state index >= 15 is 0 Å². The third-order valence-corrected chi connectivity index (χ3v) is 7.91. The van der Waals surface area contributed by atoms with Crippen molar-refractivity contribution in [3.8, 4) is 11.5 Å². The van der Waals surface area contributed by atoms with Crippen LogP contribution in [-0.2, 0) is 25.8 Å². The zero-order valence-electron chi connectivity index (χ0n) is 18.1. The van der Waals surface area contributed by atoms with Gasteiger partial charge in [0.1, 0.15) is 11.5 Å². The summed E-state index contributed by atoms with van der Waals surface area (Å²) in [5.41, 5.74) is 1.92. The van der Waals surface area contributed by atoms with Crippen LogP contribution < -0.4 is 19.7 Å². The molecule has 0 saturated heterocycles. The van der Waals surface area contributed by atoms with Gasteiger partial charge in [-0.25, -0.2) is 8.42 Å². The molecule has 2 amide bonds. The number of methoxy groups -OCH3 is 2. The van der Waals surface area contributed by atoms with E-state index in [4.69, 9.17) is 9.47 Å².